The van der Waals surface area contributed by atoms with Crippen molar-refractivity contribution in [2.45, 2.75) is 44.6 Å². The molecule has 2 rings (SSSR count). The van der Waals surface area contributed by atoms with Gasteiger partial charge in [-0.2, -0.15) is 0 Å². The Morgan fingerprint density at radius 1 is 1.17 bits per heavy atom. The molecule has 1 fully saturated rings. The molecule has 0 aromatic heterocycles. The first-order valence-corrected chi connectivity index (χ1v) is 7.20. The van der Waals surface area contributed by atoms with Gasteiger partial charge in [-0.1, -0.05) is 43.7 Å². The summed E-state index contributed by atoms with van der Waals surface area (Å²) >= 11 is 0. The minimum absolute atomic E-state index is 0.367. The predicted molar refractivity (Wildman–Crippen MR) is 75.7 cm³/mol. The summed E-state index contributed by atoms with van der Waals surface area (Å²) in [5, 5.41) is 10.1. The van der Waals surface area contributed by atoms with Crippen molar-refractivity contribution in [3.63, 3.8) is 0 Å². The van der Waals surface area contributed by atoms with Gasteiger partial charge in [0.1, 0.15) is 0 Å². The molecule has 0 amide bonds. The molecule has 0 atom stereocenters. The molecule has 100 valence electrons. The Kier molecular flexibility index (Phi) is 4.79. The first kappa shape index (κ1) is 13.6. The molecule has 1 aromatic rings. The zero-order valence-corrected chi connectivity index (χ0v) is 11.4. The van der Waals surface area contributed by atoms with Crippen LogP contribution in [0.5, 0.6) is 0 Å². The van der Waals surface area contributed by atoms with Crippen LogP contribution in [0, 0.1) is 0 Å². The Hall–Kier alpha value is -0.860. The lowest BCUT2D eigenvalue weighted by molar-refractivity contribution is -0.103. The van der Waals surface area contributed by atoms with Crippen molar-refractivity contribution in [3.8, 4) is 0 Å². The number of hydrogen-bond acceptors (Lipinski definition) is 2. The molecule has 1 aliphatic heterocycles. The number of aryl methyl sites for hydroxylation is 1. The van der Waals surface area contributed by atoms with Gasteiger partial charge in [-0.3, -0.25) is 4.90 Å². The van der Waals surface area contributed by atoms with Gasteiger partial charge in [0.15, 0.2) is 0 Å². The molecular weight excluding hydrogens is 222 g/mol. The van der Waals surface area contributed by atoms with Gasteiger partial charge < -0.3 is 5.11 Å². The topological polar surface area (TPSA) is 23.5 Å². The molecule has 0 bridgehead atoms. The van der Waals surface area contributed by atoms with Gasteiger partial charge in [0.2, 0.25) is 0 Å². The summed E-state index contributed by atoms with van der Waals surface area (Å²) in [5.74, 6) is 0. The van der Waals surface area contributed by atoms with E-state index < -0.39 is 0 Å². The molecule has 2 heteroatoms. The van der Waals surface area contributed by atoms with Crippen molar-refractivity contribution in [2.75, 3.05) is 19.6 Å². The number of hydrogen-bond donors (Lipinski definition) is 1. The fourth-order valence-electron chi connectivity index (χ4n) is 2.88. The summed E-state index contributed by atoms with van der Waals surface area (Å²) in [6.45, 7) is 5.04. The number of rotatable bonds is 7. The molecule has 0 aliphatic carbocycles. The van der Waals surface area contributed by atoms with Gasteiger partial charge in [0, 0.05) is 13.1 Å². The van der Waals surface area contributed by atoms with Crippen LogP contribution in [-0.2, 0) is 6.42 Å². The second-order valence-electron chi connectivity index (χ2n) is 5.63. The van der Waals surface area contributed by atoms with Crippen LogP contribution in [0.1, 0.15) is 38.2 Å². The number of nitrogens with zero attached hydrogens (tertiary/aromatic N) is 1. The number of unbranched alkanes of at least 4 members (excludes halogenated alkanes) is 1. The van der Waals surface area contributed by atoms with Gasteiger partial charge in [0.25, 0.3) is 0 Å². The normalized spacial score (nSPS) is 18.6. The smallest absolute Gasteiger partial charge is 0.0900 e. The van der Waals surface area contributed by atoms with Crippen molar-refractivity contribution in [1.29, 1.82) is 0 Å². The second-order valence-corrected chi connectivity index (χ2v) is 5.63. The second kappa shape index (κ2) is 6.35. The van der Waals surface area contributed by atoms with E-state index >= 15 is 0 Å². The standard InChI is InChI=1S/C16H25NO/c1-2-11-16(18)13-17(14-16)12-7-6-10-15-8-4-3-5-9-15/h3-5,8-9,18H,2,6-7,10-14H2,1H3. The third-order valence-corrected chi connectivity index (χ3v) is 3.78. The van der Waals surface area contributed by atoms with Crippen LogP contribution in [-0.4, -0.2) is 35.2 Å². The lowest BCUT2D eigenvalue weighted by Gasteiger charge is -2.46. The SMILES string of the molecule is CCCC1(O)CN(CCCCc2ccccc2)C1. The zero-order chi connectivity index (χ0) is 12.8. The highest BCUT2D eigenvalue weighted by atomic mass is 16.3. The number of β-amino-alcohol motifs (C(OH)–C–C–N with tert-alkyl or cyclic N) is 1. The van der Waals surface area contributed by atoms with Crippen molar-refractivity contribution < 1.29 is 5.11 Å². The largest absolute Gasteiger partial charge is 0.387 e. The van der Waals surface area contributed by atoms with E-state index in [-0.39, 0.29) is 5.60 Å². The molecule has 1 aliphatic rings. The van der Waals surface area contributed by atoms with E-state index in [1.165, 1.54) is 24.8 Å². The molecule has 0 spiro atoms. The van der Waals surface area contributed by atoms with Crippen LogP contribution >= 0.6 is 0 Å². The summed E-state index contributed by atoms with van der Waals surface area (Å²) in [5.41, 5.74) is 1.07. The maximum atomic E-state index is 10.1. The lowest BCUT2D eigenvalue weighted by atomic mass is 9.89. The van der Waals surface area contributed by atoms with Crippen molar-refractivity contribution >= 4 is 0 Å². The van der Waals surface area contributed by atoms with Crippen LogP contribution < -0.4 is 0 Å². The lowest BCUT2D eigenvalue weighted by Crippen LogP contribution is -2.61. The molecule has 1 N–H and O–H groups in total. The van der Waals surface area contributed by atoms with Crippen LogP contribution in [0.2, 0.25) is 0 Å². The summed E-state index contributed by atoms with van der Waals surface area (Å²) in [6.07, 6.45) is 5.68. The number of aliphatic hydroxyl groups is 1. The van der Waals surface area contributed by atoms with E-state index in [1.54, 1.807) is 0 Å². The molecule has 0 saturated carbocycles. The van der Waals surface area contributed by atoms with Gasteiger partial charge in [-0.15, -0.1) is 0 Å². The third kappa shape index (κ3) is 3.82. The van der Waals surface area contributed by atoms with Crippen molar-refractivity contribution in [1.82, 2.24) is 4.90 Å². The Bertz CT molecular complexity index is 343. The minimum Gasteiger partial charge on any atom is -0.387 e. The van der Waals surface area contributed by atoms with Crippen LogP contribution in [0.4, 0.5) is 0 Å². The quantitative estimate of drug-likeness (QED) is 0.749. The van der Waals surface area contributed by atoms with E-state index in [0.717, 1.165) is 32.5 Å². The van der Waals surface area contributed by atoms with E-state index in [1.807, 2.05) is 0 Å². The molecule has 0 unspecified atom stereocenters. The van der Waals surface area contributed by atoms with E-state index in [4.69, 9.17) is 0 Å². The number of likely N-dealkylation sites (tertiary alicyclic amines) is 1. The van der Waals surface area contributed by atoms with E-state index in [0.29, 0.717) is 0 Å². The van der Waals surface area contributed by atoms with Crippen LogP contribution in [0.15, 0.2) is 30.3 Å². The average molecular weight is 247 g/mol. The Morgan fingerprint density at radius 2 is 1.89 bits per heavy atom. The van der Waals surface area contributed by atoms with Crippen molar-refractivity contribution in [3.05, 3.63) is 35.9 Å². The zero-order valence-electron chi connectivity index (χ0n) is 11.4. The molecule has 1 aromatic carbocycles. The fourth-order valence-corrected chi connectivity index (χ4v) is 2.88. The monoisotopic (exact) mass is 247 g/mol. The Labute approximate surface area is 111 Å². The summed E-state index contributed by atoms with van der Waals surface area (Å²) < 4.78 is 0. The summed E-state index contributed by atoms with van der Waals surface area (Å²) in [6, 6.07) is 10.7. The Morgan fingerprint density at radius 3 is 2.56 bits per heavy atom. The molecule has 2 nitrogen and oxygen atoms in total. The maximum Gasteiger partial charge on any atom is 0.0900 e. The number of benzene rings is 1. The van der Waals surface area contributed by atoms with Gasteiger partial charge in [-0.05, 0) is 37.8 Å². The van der Waals surface area contributed by atoms with Crippen molar-refractivity contribution in [2.24, 2.45) is 0 Å². The summed E-state index contributed by atoms with van der Waals surface area (Å²) in [4.78, 5) is 2.38. The first-order valence-electron chi connectivity index (χ1n) is 7.20. The minimum atomic E-state index is -0.367. The molecule has 1 saturated heterocycles. The molecule has 1 heterocycles. The summed E-state index contributed by atoms with van der Waals surface area (Å²) in [7, 11) is 0. The van der Waals surface area contributed by atoms with Crippen LogP contribution in [0.3, 0.4) is 0 Å². The molecule has 0 radical (unpaired) electrons. The van der Waals surface area contributed by atoms with E-state index in [9.17, 15) is 5.11 Å². The highest BCUT2D eigenvalue weighted by Crippen LogP contribution is 2.25. The maximum absolute atomic E-state index is 10.1. The third-order valence-electron chi connectivity index (χ3n) is 3.78. The Balaban J connectivity index is 1.55. The van der Waals surface area contributed by atoms with Crippen LogP contribution in [0.25, 0.3) is 0 Å². The first-order chi connectivity index (χ1) is 8.72. The molecular formula is C16H25NO. The molecule has 18 heavy (non-hydrogen) atoms. The fraction of sp³-hybridized carbons (Fsp3) is 0.625. The highest BCUT2D eigenvalue weighted by Gasteiger charge is 2.39. The van der Waals surface area contributed by atoms with Gasteiger partial charge in [0.05, 0.1) is 5.60 Å². The highest BCUT2D eigenvalue weighted by molar-refractivity contribution is 5.14. The average Bonchev–Trinajstić information content (AvgIpc) is 2.34. The predicted octanol–water partition coefficient (Wildman–Crippen LogP) is 2.86. The van der Waals surface area contributed by atoms with Gasteiger partial charge >= 0.3 is 0 Å². The van der Waals surface area contributed by atoms with Gasteiger partial charge in [-0.25, -0.2) is 0 Å². The van der Waals surface area contributed by atoms with E-state index in [2.05, 4.69) is 42.2 Å².